The molecule has 1 rings (SSSR count). The first-order valence-corrected chi connectivity index (χ1v) is 4.32. The van der Waals surface area contributed by atoms with Crippen LogP contribution in [-0.2, 0) is 0 Å². The molecule has 0 unspecified atom stereocenters. The average molecular weight is 214 g/mol. The van der Waals surface area contributed by atoms with Gasteiger partial charge in [-0.1, -0.05) is 29.8 Å². The number of nitrogens with zero attached hydrogens (tertiary/aromatic N) is 1. The third kappa shape index (κ3) is 3.40. The van der Waals surface area contributed by atoms with Gasteiger partial charge in [0.15, 0.2) is 5.11 Å². The Morgan fingerprint density at radius 2 is 2.23 bits per heavy atom. The van der Waals surface area contributed by atoms with Crippen LogP contribution in [0.4, 0.5) is 0 Å². The molecule has 0 saturated carbocycles. The van der Waals surface area contributed by atoms with Crippen molar-refractivity contribution < 1.29 is 0 Å². The molecule has 1 aromatic rings. The molecule has 0 aliphatic rings. The minimum Gasteiger partial charge on any atom is -0.375 e. The van der Waals surface area contributed by atoms with Crippen molar-refractivity contribution in [3.8, 4) is 0 Å². The fraction of sp³-hybridized carbons (Fsp3) is 0. The lowest BCUT2D eigenvalue weighted by Gasteiger charge is -1.96. The summed E-state index contributed by atoms with van der Waals surface area (Å²) in [6.07, 6.45) is 1.56. The van der Waals surface area contributed by atoms with Gasteiger partial charge in [0, 0.05) is 10.6 Å². The van der Waals surface area contributed by atoms with Crippen LogP contribution in [0, 0.1) is 0 Å². The fourth-order valence-corrected chi connectivity index (χ4v) is 0.982. The standard InChI is InChI=1S/C8H8ClN3S/c9-7-4-2-1-3-6(7)5-11-12-8(10)13/h1-5H,(H3,10,12,13)/b11-5-. The Hall–Kier alpha value is -1.13. The SMILES string of the molecule is NC(=S)N/N=C\c1ccccc1Cl. The third-order valence-electron chi connectivity index (χ3n) is 1.28. The molecule has 0 aromatic heterocycles. The van der Waals surface area contributed by atoms with Gasteiger partial charge in [0.2, 0.25) is 0 Å². The second-order valence-electron chi connectivity index (χ2n) is 2.26. The van der Waals surface area contributed by atoms with Crippen molar-refractivity contribution >= 4 is 35.1 Å². The largest absolute Gasteiger partial charge is 0.375 e. The van der Waals surface area contributed by atoms with Crippen molar-refractivity contribution in [2.75, 3.05) is 0 Å². The Kier molecular flexibility index (Phi) is 3.67. The van der Waals surface area contributed by atoms with Gasteiger partial charge in [0.1, 0.15) is 0 Å². The molecule has 0 radical (unpaired) electrons. The van der Waals surface area contributed by atoms with Gasteiger partial charge < -0.3 is 5.73 Å². The Morgan fingerprint density at radius 3 is 2.85 bits per heavy atom. The zero-order valence-corrected chi connectivity index (χ0v) is 8.27. The molecule has 68 valence electrons. The molecule has 0 spiro atoms. The molecule has 0 fully saturated rings. The van der Waals surface area contributed by atoms with Gasteiger partial charge in [-0.15, -0.1) is 0 Å². The van der Waals surface area contributed by atoms with E-state index in [1.807, 2.05) is 18.2 Å². The van der Waals surface area contributed by atoms with Gasteiger partial charge in [-0.05, 0) is 18.3 Å². The van der Waals surface area contributed by atoms with Gasteiger partial charge in [0.25, 0.3) is 0 Å². The number of thiocarbonyl (C=S) groups is 1. The molecule has 0 aliphatic heterocycles. The van der Waals surface area contributed by atoms with Crippen molar-refractivity contribution in [2.45, 2.75) is 0 Å². The summed E-state index contributed by atoms with van der Waals surface area (Å²) in [5.41, 5.74) is 8.42. The van der Waals surface area contributed by atoms with Gasteiger partial charge in [-0.3, -0.25) is 5.43 Å². The third-order valence-corrected chi connectivity index (χ3v) is 1.72. The zero-order chi connectivity index (χ0) is 9.68. The highest BCUT2D eigenvalue weighted by Gasteiger charge is 1.93. The first kappa shape index (κ1) is 9.95. The van der Waals surface area contributed by atoms with Crippen molar-refractivity contribution in [3.05, 3.63) is 34.9 Å². The van der Waals surface area contributed by atoms with Gasteiger partial charge in [-0.25, -0.2) is 0 Å². The zero-order valence-electron chi connectivity index (χ0n) is 6.70. The predicted octanol–water partition coefficient (Wildman–Crippen LogP) is 1.51. The van der Waals surface area contributed by atoms with Gasteiger partial charge in [-0.2, -0.15) is 5.10 Å². The summed E-state index contributed by atoms with van der Waals surface area (Å²) in [4.78, 5) is 0. The molecule has 1 aromatic carbocycles. The monoisotopic (exact) mass is 213 g/mol. The molecule has 0 saturated heterocycles. The second-order valence-corrected chi connectivity index (χ2v) is 3.10. The van der Waals surface area contributed by atoms with E-state index in [-0.39, 0.29) is 5.11 Å². The molecule has 0 aliphatic carbocycles. The molecule has 13 heavy (non-hydrogen) atoms. The maximum atomic E-state index is 5.86. The maximum Gasteiger partial charge on any atom is 0.184 e. The first-order valence-electron chi connectivity index (χ1n) is 3.53. The van der Waals surface area contributed by atoms with E-state index in [2.05, 4.69) is 22.7 Å². The van der Waals surface area contributed by atoms with Gasteiger partial charge >= 0.3 is 0 Å². The maximum absolute atomic E-state index is 5.86. The number of hydrogen-bond donors (Lipinski definition) is 2. The number of rotatable bonds is 2. The number of benzene rings is 1. The van der Waals surface area contributed by atoms with E-state index in [4.69, 9.17) is 17.3 Å². The topological polar surface area (TPSA) is 50.4 Å². The van der Waals surface area contributed by atoms with Crippen LogP contribution < -0.4 is 11.2 Å². The van der Waals surface area contributed by atoms with Crippen molar-refractivity contribution in [1.82, 2.24) is 5.43 Å². The van der Waals surface area contributed by atoms with Crippen LogP contribution in [0.2, 0.25) is 5.02 Å². The normalized spacial score (nSPS) is 10.2. The molecular weight excluding hydrogens is 206 g/mol. The Morgan fingerprint density at radius 1 is 1.54 bits per heavy atom. The summed E-state index contributed by atoms with van der Waals surface area (Å²) in [6.45, 7) is 0. The van der Waals surface area contributed by atoms with Crippen LogP contribution in [-0.4, -0.2) is 11.3 Å². The number of hydrogen-bond acceptors (Lipinski definition) is 2. The lowest BCUT2D eigenvalue weighted by atomic mass is 10.2. The van der Waals surface area contributed by atoms with Crippen LogP contribution in [0.3, 0.4) is 0 Å². The minimum absolute atomic E-state index is 0.128. The van der Waals surface area contributed by atoms with Crippen LogP contribution in [0.15, 0.2) is 29.4 Å². The quantitative estimate of drug-likeness (QED) is 0.445. The predicted molar refractivity (Wildman–Crippen MR) is 59.0 cm³/mol. The van der Waals surface area contributed by atoms with Crippen LogP contribution in [0.1, 0.15) is 5.56 Å². The summed E-state index contributed by atoms with van der Waals surface area (Å²) < 4.78 is 0. The van der Waals surface area contributed by atoms with Gasteiger partial charge in [0.05, 0.1) is 6.21 Å². The Balaban J connectivity index is 2.68. The van der Waals surface area contributed by atoms with E-state index in [9.17, 15) is 0 Å². The summed E-state index contributed by atoms with van der Waals surface area (Å²) in [7, 11) is 0. The summed E-state index contributed by atoms with van der Waals surface area (Å²) in [5.74, 6) is 0. The van der Waals surface area contributed by atoms with Crippen LogP contribution in [0.25, 0.3) is 0 Å². The number of hydrazone groups is 1. The van der Waals surface area contributed by atoms with Crippen molar-refractivity contribution in [1.29, 1.82) is 0 Å². The number of nitrogens with two attached hydrogens (primary N) is 1. The first-order chi connectivity index (χ1) is 6.20. The average Bonchev–Trinajstić information content (AvgIpc) is 2.08. The molecule has 3 N–H and O–H groups in total. The second kappa shape index (κ2) is 4.79. The van der Waals surface area contributed by atoms with E-state index in [0.717, 1.165) is 5.56 Å². The molecule has 3 nitrogen and oxygen atoms in total. The highest BCUT2D eigenvalue weighted by Crippen LogP contribution is 2.11. The number of nitrogens with one attached hydrogen (secondary N) is 1. The summed E-state index contributed by atoms with van der Waals surface area (Å²) in [5, 5.41) is 4.54. The molecule has 0 atom stereocenters. The van der Waals surface area contributed by atoms with E-state index in [1.165, 1.54) is 0 Å². The Labute approximate surface area is 86.6 Å². The van der Waals surface area contributed by atoms with E-state index in [1.54, 1.807) is 12.3 Å². The lowest BCUT2D eigenvalue weighted by molar-refractivity contribution is 1.04. The van der Waals surface area contributed by atoms with E-state index in [0.29, 0.717) is 5.02 Å². The minimum atomic E-state index is 0.128. The summed E-state index contributed by atoms with van der Waals surface area (Å²) in [6, 6.07) is 7.34. The highest BCUT2D eigenvalue weighted by molar-refractivity contribution is 7.80. The molecule has 5 heteroatoms. The van der Waals surface area contributed by atoms with Crippen molar-refractivity contribution in [2.24, 2.45) is 10.8 Å². The lowest BCUT2D eigenvalue weighted by Crippen LogP contribution is -2.23. The molecular formula is C8H8ClN3S. The highest BCUT2D eigenvalue weighted by atomic mass is 35.5. The molecule has 0 bridgehead atoms. The molecule has 0 amide bonds. The fourth-order valence-electron chi connectivity index (χ4n) is 0.745. The van der Waals surface area contributed by atoms with Crippen molar-refractivity contribution in [3.63, 3.8) is 0 Å². The van der Waals surface area contributed by atoms with Crippen LogP contribution >= 0.6 is 23.8 Å². The van der Waals surface area contributed by atoms with E-state index >= 15 is 0 Å². The van der Waals surface area contributed by atoms with E-state index < -0.39 is 0 Å². The van der Waals surface area contributed by atoms with Crippen LogP contribution in [0.5, 0.6) is 0 Å². The summed E-state index contributed by atoms with van der Waals surface area (Å²) >= 11 is 10.4. The smallest absolute Gasteiger partial charge is 0.184 e. The number of halogens is 1. The Bertz CT molecular complexity index is 338. The molecule has 0 heterocycles.